The Morgan fingerprint density at radius 1 is 0.939 bits per heavy atom. The molecule has 3 rings (SSSR count). The number of aryl methyl sites for hydroxylation is 3. The van der Waals surface area contributed by atoms with Crippen LogP contribution in [0.15, 0.2) is 42.5 Å². The minimum Gasteiger partial charge on any atom is -0.203 e. The highest BCUT2D eigenvalue weighted by Crippen LogP contribution is 2.34. The number of hydrogen-bond donors (Lipinski definition) is 0. The van der Waals surface area contributed by atoms with Gasteiger partial charge in [-0.15, -0.1) is 0 Å². The normalized spacial score (nSPS) is 16.4. The standard InChI is InChI=1S/C29H38F2N2/c1-3-5-7-9-10-24-17-21-27(29(31)28(24)30)23-15-12-22(13-16-23)14-18-26-20-19-25(32-33-26)11-8-6-4-2/h4,6,15,17,19-22H,3,5,7-14,16,18H2,1-2H3/b6-4+. The summed E-state index contributed by atoms with van der Waals surface area (Å²) in [4.78, 5) is 0. The number of allylic oxidation sites excluding steroid dienone is 4. The van der Waals surface area contributed by atoms with Crippen molar-refractivity contribution in [2.45, 2.75) is 90.9 Å². The van der Waals surface area contributed by atoms with Gasteiger partial charge in [0.05, 0.1) is 11.4 Å². The van der Waals surface area contributed by atoms with Crippen LogP contribution >= 0.6 is 0 Å². The second kappa shape index (κ2) is 13.4. The average molecular weight is 453 g/mol. The Hall–Kier alpha value is -2.36. The Labute approximate surface area is 198 Å². The van der Waals surface area contributed by atoms with E-state index in [9.17, 15) is 8.78 Å². The zero-order valence-electron chi connectivity index (χ0n) is 20.3. The third-order valence-corrected chi connectivity index (χ3v) is 6.71. The summed E-state index contributed by atoms with van der Waals surface area (Å²) in [6, 6.07) is 7.74. The molecule has 33 heavy (non-hydrogen) atoms. The number of hydrogen-bond acceptors (Lipinski definition) is 2. The van der Waals surface area contributed by atoms with Gasteiger partial charge in [-0.05, 0) is 93.9 Å². The van der Waals surface area contributed by atoms with Crippen LogP contribution in [0.3, 0.4) is 0 Å². The van der Waals surface area contributed by atoms with Crippen molar-refractivity contribution < 1.29 is 8.78 Å². The molecule has 4 heteroatoms. The van der Waals surface area contributed by atoms with Crippen LogP contribution < -0.4 is 0 Å². The molecule has 1 aliphatic rings. The van der Waals surface area contributed by atoms with Gasteiger partial charge in [-0.3, -0.25) is 0 Å². The lowest BCUT2D eigenvalue weighted by Crippen LogP contribution is -2.09. The van der Waals surface area contributed by atoms with Gasteiger partial charge in [0.25, 0.3) is 0 Å². The number of halogens is 2. The summed E-state index contributed by atoms with van der Waals surface area (Å²) in [7, 11) is 0. The third kappa shape index (κ3) is 7.58. The average Bonchev–Trinajstić information content (AvgIpc) is 2.84. The van der Waals surface area contributed by atoms with E-state index in [1.165, 1.54) is 0 Å². The Bertz CT molecular complexity index is 931. The maximum Gasteiger partial charge on any atom is 0.166 e. The van der Waals surface area contributed by atoms with Gasteiger partial charge in [0.1, 0.15) is 0 Å². The minimum atomic E-state index is -0.669. The van der Waals surface area contributed by atoms with E-state index in [0.717, 1.165) is 87.6 Å². The van der Waals surface area contributed by atoms with Gasteiger partial charge in [0.2, 0.25) is 0 Å². The summed E-state index contributed by atoms with van der Waals surface area (Å²) in [5, 5.41) is 8.73. The molecule has 0 amide bonds. The van der Waals surface area contributed by atoms with Crippen molar-refractivity contribution in [3.63, 3.8) is 0 Å². The number of unbranched alkanes of at least 4 members (excludes halogenated alkanes) is 3. The maximum atomic E-state index is 14.8. The zero-order valence-corrected chi connectivity index (χ0v) is 20.3. The summed E-state index contributed by atoms with van der Waals surface area (Å²) >= 11 is 0. The molecule has 0 saturated heterocycles. The molecule has 0 bridgehead atoms. The van der Waals surface area contributed by atoms with Crippen molar-refractivity contribution in [1.82, 2.24) is 10.2 Å². The molecule has 0 radical (unpaired) electrons. The predicted molar refractivity (Wildman–Crippen MR) is 133 cm³/mol. The van der Waals surface area contributed by atoms with Crippen LogP contribution in [-0.4, -0.2) is 10.2 Å². The van der Waals surface area contributed by atoms with Gasteiger partial charge in [0, 0.05) is 5.56 Å². The lowest BCUT2D eigenvalue weighted by molar-refractivity contribution is 0.445. The summed E-state index contributed by atoms with van der Waals surface area (Å²) < 4.78 is 29.4. The van der Waals surface area contributed by atoms with Crippen LogP contribution in [0.1, 0.15) is 94.1 Å². The summed E-state index contributed by atoms with van der Waals surface area (Å²) in [6.07, 6.45) is 17.8. The Kier molecular flexibility index (Phi) is 10.2. The number of aromatic nitrogens is 2. The summed E-state index contributed by atoms with van der Waals surface area (Å²) in [5.41, 5.74) is 3.97. The molecule has 178 valence electrons. The molecule has 0 spiro atoms. The van der Waals surface area contributed by atoms with Crippen LogP contribution in [0.2, 0.25) is 0 Å². The first-order valence-electron chi connectivity index (χ1n) is 12.7. The first-order chi connectivity index (χ1) is 16.1. The Morgan fingerprint density at radius 3 is 2.39 bits per heavy atom. The third-order valence-electron chi connectivity index (χ3n) is 6.71. The Morgan fingerprint density at radius 2 is 1.73 bits per heavy atom. The maximum absolute atomic E-state index is 14.8. The van der Waals surface area contributed by atoms with Crippen molar-refractivity contribution in [2.75, 3.05) is 0 Å². The van der Waals surface area contributed by atoms with Gasteiger partial charge in [0.15, 0.2) is 11.6 Å². The van der Waals surface area contributed by atoms with E-state index in [0.29, 0.717) is 23.5 Å². The van der Waals surface area contributed by atoms with Crippen LogP contribution in [-0.2, 0) is 19.3 Å². The van der Waals surface area contributed by atoms with E-state index in [2.05, 4.69) is 47.5 Å². The molecule has 1 unspecified atom stereocenters. The number of benzene rings is 1. The van der Waals surface area contributed by atoms with Crippen molar-refractivity contribution in [2.24, 2.45) is 5.92 Å². The molecule has 2 aromatic rings. The fourth-order valence-electron chi connectivity index (χ4n) is 4.57. The zero-order chi connectivity index (χ0) is 23.5. The Balaban J connectivity index is 1.50. The second-order valence-corrected chi connectivity index (χ2v) is 9.24. The van der Waals surface area contributed by atoms with Crippen molar-refractivity contribution in [3.05, 3.63) is 76.6 Å². The highest BCUT2D eigenvalue weighted by atomic mass is 19.2. The first-order valence-corrected chi connectivity index (χ1v) is 12.7. The van der Waals surface area contributed by atoms with Gasteiger partial charge in [-0.25, -0.2) is 8.78 Å². The van der Waals surface area contributed by atoms with E-state index in [1.807, 2.05) is 6.92 Å². The van der Waals surface area contributed by atoms with Crippen molar-refractivity contribution in [1.29, 1.82) is 0 Å². The molecule has 0 aliphatic heterocycles. The quantitative estimate of drug-likeness (QED) is 0.239. The molecule has 1 aromatic carbocycles. The van der Waals surface area contributed by atoms with Crippen molar-refractivity contribution in [3.8, 4) is 0 Å². The van der Waals surface area contributed by atoms with Crippen LogP contribution in [0.4, 0.5) is 8.78 Å². The molecule has 0 N–H and O–H groups in total. The SMILES string of the molecule is C/C=C/CCc1ccc(CCC2CC=C(c3ccc(CCCCCC)c(F)c3F)CC2)nn1. The number of nitrogens with zero attached hydrogens (tertiary/aromatic N) is 2. The molecule has 2 nitrogen and oxygen atoms in total. The fourth-order valence-corrected chi connectivity index (χ4v) is 4.57. The lowest BCUT2D eigenvalue weighted by Gasteiger charge is -2.22. The summed E-state index contributed by atoms with van der Waals surface area (Å²) in [5.74, 6) is -0.770. The van der Waals surface area contributed by atoms with Gasteiger partial charge in [-0.2, -0.15) is 10.2 Å². The molecule has 1 heterocycles. The molecule has 1 aromatic heterocycles. The van der Waals surface area contributed by atoms with Crippen molar-refractivity contribution >= 4 is 5.57 Å². The highest BCUT2D eigenvalue weighted by Gasteiger charge is 2.20. The molecule has 1 aliphatic carbocycles. The number of rotatable bonds is 12. The van der Waals surface area contributed by atoms with Crippen LogP contribution in [0.5, 0.6) is 0 Å². The van der Waals surface area contributed by atoms with E-state index in [1.54, 1.807) is 12.1 Å². The smallest absolute Gasteiger partial charge is 0.166 e. The van der Waals surface area contributed by atoms with Crippen LogP contribution in [0.25, 0.3) is 5.57 Å². The fraction of sp³-hybridized carbons (Fsp3) is 0.517. The minimum absolute atomic E-state index is 0.447. The lowest BCUT2D eigenvalue weighted by atomic mass is 9.83. The molecule has 0 fully saturated rings. The first kappa shape index (κ1) is 25.3. The van der Waals surface area contributed by atoms with Crippen LogP contribution in [0, 0.1) is 17.6 Å². The van der Waals surface area contributed by atoms with E-state index < -0.39 is 11.6 Å². The molecular formula is C29H38F2N2. The van der Waals surface area contributed by atoms with Gasteiger partial charge in [-0.1, -0.05) is 56.5 Å². The van der Waals surface area contributed by atoms with E-state index in [-0.39, 0.29) is 0 Å². The second-order valence-electron chi connectivity index (χ2n) is 9.24. The van der Waals surface area contributed by atoms with Gasteiger partial charge < -0.3 is 0 Å². The largest absolute Gasteiger partial charge is 0.203 e. The molecule has 0 saturated carbocycles. The molecule has 1 atom stereocenters. The van der Waals surface area contributed by atoms with Gasteiger partial charge >= 0.3 is 0 Å². The highest BCUT2D eigenvalue weighted by molar-refractivity contribution is 5.67. The predicted octanol–water partition coefficient (Wildman–Crippen LogP) is 8.20. The molecular weight excluding hydrogens is 414 g/mol. The monoisotopic (exact) mass is 452 g/mol. The van der Waals surface area contributed by atoms with E-state index in [4.69, 9.17) is 0 Å². The van der Waals surface area contributed by atoms with E-state index >= 15 is 0 Å². The topological polar surface area (TPSA) is 25.8 Å². The summed E-state index contributed by atoms with van der Waals surface area (Å²) in [6.45, 7) is 4.18.